The molecular weight excluding hydrogens is 404 g/mol. The molecule has 0 fully saturated rings. The Labute approximate surface area is 189 Å². The van der Waals surface area contributed by atoms with Crippen molar-refractivity contribution >= 4 is 17.3 Å². The van der Waals surface area contributed by atoms with Crippen molar-refractivity contribution in [1.29, 1.82) is 0 Å². The van der Waals surface area contributed by atoms with Crippen LogP contribution in [0.1, 0.15) is 13.8 Å². The van der Waals surface area contributed by atoms with Crippen molar-refractivity contribution in [3.63, 3.8) is 0 Å². The van der Waals surface area contributed by atoms with Crippen molar-refractivity contribution in [3.05, 3.63) is 78.9 Å². The number of anilines is 2. The predicted molar refractivity (Wildman–Crippen MR) is 128 cm³/mol. The van der Waals surface area contributed by atoms with Crippen molar-refractivity contribution < 1.29 is 19.0 Å². The number of nitrogens with one attached hydrogen (secondary N) is 2. The summed E-state index contributed by atoms with van der Waals surface area (Å²) in [6.45, 7) is 5.96. The van der Waals surface area contributed by atoms with E-state index in [1.807, 2.05) is 78.9 Å². The van der Waals surface area contributed by atoms with E-state index in [2.05, 4.69) is 24.5 Å². The zero-order chi connectivity index (χ0) is 22.6. The van der Waals surface area contributed by atoms with Crippen LogP contribution < -0.4 is 24.8 Å². The summed E-state index contributed by atoms with van der Waals surface area (Å²) in [5.74, 6) is 2.71. The molecule has 168 valence electrons. The van der Waals surface area contributed by atoms with Gasteiger partial charge in [-0.2, -0.15) is 0 Å². The molecule has 0 bridgehead atoms. The van der Waals surface area contributed by atoms with Gasteiger partial charge in [-0.1, -0.05) is 32.0 Å². The van der Waals surface area contributed by atoms with Gasteiger partial charge in [-0.05, 0) is 66.6 Å². The minimum Gasteiger partial charge on any atom is -0.493 e. The van der Waals surface area contributed by atoms with Crippen molar-refractivity contribution in [1.82, 2.24) is 0 Å². The molecular formula is C26H30N2O4. The van der Waals surface area contributed by atoms with Crippen molar-refractivity contribution in [2.24, 2.45) is 5.92 Å². The number of hydrogen-bond donors (Lipinski definition) is 2. The van der Waals surface area contributed by atoms with Crippen LogP contribution in [0.2, 0.25) is 0 Å². The molecule has 0 aliphatic heterocycles. The number of carbonyl (C=O) groups excluding carboxylic acids is 1. The van der Waals surface area contributed by atoms with E-state index >= 15 is 0 Å². The number of hydrogen-bond acceptors (Lipinski definition) is 5. The minimum absolute atomic E-state index is 0.130. The van der Waals surface area contributed by atoms with Gasteiger partial charge in [0, 0.05) is 11.4 Å². The van der Waals surface area contributed by atoms with Gasteiger partial charge in [-0.25, -0.2) is 0 Å². The molecule has 0 atom stereocenters. The lowest BCUT2D eigenvalue weighted by Gasteiger charge is -2.11. The average Bonchev–Trinajstić information content (AvgIpc) is 2.81. The SMILES string of the molecule is CC(C)COc1ccc(NCC(=O)Nc2ccc(OCCOc3ccccc3)cc2)cc1. The van der Waals surface area contributed by atoms with E-state index in [4.69, 9.17) is 14.2 Å². The Morgan fingerprint density at radius 3 is 1.84 bits per heavy atom. The van der Waals surface area contributed by atoms with Crippen molar-refractivity contribution in [3.8, 4) is 17.2 Å². The van der Waals surface area contributed by atoms with Crippen LogP contribution >= 0.6 is 0 Å². The molecule has 0 aliphatic rings. The van der Waals surface area contributed by atoms with E-state index in [-0.39, 0.29) is 12.5 Å². The van der Waals surface area contributed by atoms with E-state index in [0.717, 1.165) is 22.9 Å². The third-order valence-corrected chi connectivity index (χ3v) is 4.39. The third-order valence-electron chi connectivity index (χ3n) is 4.39. The second-order valence-electron chi connectivity index (χ2n) is 7.67. The number of carbonyl (C=O) groups is 1. The molecule has 0 saturated heterocycles. The zero-order valence-electron chi connectivity index (χ0n) is 18.5. The Balaban J connectivity index is 1.35. The summed E-state index contributed by atoms with van der Waals surface area (Å²) in [7, 11) is 0. The maximum atomic E-state index is 12.2. The molecule has 0 heterocycles. The molecule has 32 heavy (non-hydrogen) atoms. The molecule has 0 aromatic heterocycles. The monoisotopic (exact) mass is 434 g/mol. The van der Waals surface area contributed by atoms with Crippen LogP contribution in [0.3, 0.4) is 0 Å². The van der Waals surface area contributed by atoms with Crippen LogP contribution in [-0.4, -0.2) is 32.3 Å². The lowest BCUT2D eigenvalue weighted by molar-refractivity contribution is -0.114. The first-order chi connectivity index (χ1) is 15.6. The van der Waals surface area contributed by atoms with Crippen LogP contribution in [0, 0.1) is 5.92 Å². The third kappa shape index (κ3) is 8.22. The van der Waals surface area contributed by atoms with Crippen molar-refractivity contribution in [2.45, 2.75) is 13.8 Å². The summed E-state index contributed by atoms with van der Waals surface area (Å²) >= 11 is 0. The molecule has 3 rings (SSSR count). The van der Waals surface area contributed by atoms with E-state index in [0.29, 0.717) is 31.4 Å². The highest BCUT2D eigenvalue weighted by Gasteiger charge is 2.04. The van der Waals surface area contributed by atoms with Crippen LogP contribution in [0.5, 0.6) is 17.2 Å². The second kappa shape index (κ2) is 12.2. The molecule has 0 saturated carbocycles. The summed E-state index contributed by atoms with van der Waals surface area (Å²) < 4.78 is 16.9. The Hall–Kier alpha value is -3.67. The number of benzene rings is 3. The van der Waals surface area contributed by atoms with Gasteiger partial charge in [0.25, 0.3) is 0 Å². The van der Waals surface area contributed by atoms with E-state index in [1.165, 1.54) is 0 Å². The molecule has 6 nitrogen and oxygen atoms in total. The maximum Gasteiger partial charge on any atom is 0.243 e. The highest BCUT2D eigenvalue weighted by molar-refractivity contribution is 5.93. The number of amides is 1. The normalized spacial score (nSPS) is 10.5. The standard InChI is InChI=1S/C26H30N2O4/c1-20(2)19-32-25-12-8-21(9-13-25)27-18-26(29)28-22-10-14-24(15-11-22)31-17-16-30-23-6-4-3-5-7-23/h3-15,20,27H,16-19H2,1-2H3,(H,28,29). The molecule has 3 aromatic carbocycles. The van der Waals surface area contributed by atoms with Crippen molar-refractivity contribution in [2.75, 3.05) is 37.0 Å². The van der Waals surface area contributed by atoms with Gasteiger partial charge in [0.15, 0.2) is 0 Å². The second-order valence-corrected chi connectivity index (χ2v) is 7.67. The van der Waals surface area contributed by atoms with Crippen LogP contribution in [-0.2, 0) is 4.79 Å². The van der Waals surface area contributed by atoms with Gasteiger partial charge in [0.1, 0.15) is 30.5 Å². The Bertz CT molecular complexity index is 942. The molecule has 3 aromatic rings. The first kappa shape index (κ1) is 23.0. The number of para-hydroxylation sites is 1. The first-order valence-corrected chi connectivity index (χ1v) is 10.8. The van der Waals surface area contributed by atoms with Gasteiger partial charge in [0.2, 0.25) is 5.91 Å². The molecule has 6 heteroatoms. The van der Waals surface area contributed by atoms with E-state index in [1.54, 1.807) is 0 Å². The summed E-state index contributed by atoms with van der Waals surface area (Å²) in [6.07, 6.45) is 0. The molecule has 0 aliphatic carbocycles. The summed E-state index contributed by atoms with van der Waals surface area (Å²) in [5.41, 5.74) is 1.57. The van der Waals surface area contributed by atoms with Crippen LogP contribution in [0.15, 0.2) is 78.9 Å². The smallest absolute Gasteiger partial charge is 0.243 e. The fourth-order valence-corrected chi connectivity index (χ4v) is 2.79. The van der Waals surface area contributed by atoms with Gasteiger partial charge < -0.3 is 24.8 Å². The fraction of sp³-hybridized carbons (Fsp3) is 0.269. The molecule has 0 radical (unpaired) electrons. The van der Waals surface area contributed by atoms with Gasteiger partial charge in [0.05, 0.1) is 13.2 Å². The fourth-order valence-electron chi connectivity index (χ4n) is 2.79. The van der Waals surface area contributed by atoms with Gasteiger partial charge in [-0.15, -0.1) is 0 Å². The minimum atomic E-state index is -0.130. The first-order valence-electron chi connectivity index (χ1n) is 10.8. The zero-order valence-corrected chi connectivity index (χ0v) is 18.5. The highest BCUT2D eigenvalue weighted by atomic mass is 16.5. The molecule has 0 unspecified atom stereocenters. The Kier molecular flexibility index (Phi) is 8.80. The Morgan fingerprint density at radius 2 is 1.25 bits per heavy atom. The number of rotatable bonds is 12. The molecule has 1 amide bonds. The summed E-state index contributed by atoms with van der Waals surface area (Å²) in [5, 5.41) is 5.98. The highest BCUT2D eigenvalue weighted by Crippen LogP contribution is 2.18. The van der Waals surface area contributed by atoms with E-state index < -0.39 is 0 Å². The topological polar surface area (TPSA) is 68.8 Å². The summed E-state index contributed by atoms with van der Waals surface area (Å²) in [6, 6.07) is 24.5. The van der Waals surface area contributed by atoms with Crippen LogP contribution in [0.4, 0.5) is 11.4 Å². The lowest BCUT2D eigenvalue weighted by Crippen LogP contribution is -2.21. The van der Waals surface area contributed by atoms with Gasteiger partial charge >= 0.3 is 0 Å². The summed E-state index contributed by atoms with van der Waals surface area (Å²) in [4.78, 5) is 12.2. The predicted octanol–water partition coefficient (Wildman–Crippen LogP) is 5.23. The lowest BCUT2D eigenvalue weighted by atomic mass is 10.2. The largest absolute Gasteiger partial charge is 0.493 e. The number of ether oxygens (including phenoxy) is 3. The van der Waals surface area contributed by atoms with E-state index in [9.17, 15) is 4.79 Å². The molecule has 0 spiro atoms. The molecule has 2 N–H and O–H groups in total. The van der Waals surface area contributed by atoms with Crippen LogP contribution in [0.25, 0.3) is 0 Å². The Morgan fingerprint density at radius 1 is 0.719 bits per heavy atom. The quantitative estimate of drug-likeness (QED) is 0.382. The van der Waals surface area contributed by atoms with Gasteiger partial charge in [-0.3, -0.25) is 4.79 Å². The maximum absolute atomic E-state index is 12.2. The average molecular weight is 435 g/mol.